The first kappa shape index (κ1) is 14.2. The maximum Gasteiger partial charge on any atom is 0.331 e. The van der Waals surface area contributed by atoms with E-state index in [1.807, 2.05) is 36.6 Å². The monoisotopic (exact) mass is 320 g/mol. The van der Waals surface area contributed by atoms with Gasteiger partial charge in [0.1, 0.15) is 11.8 Å². The molecule has 2 aromatic heterocycles. The zero-order chi connectivity index (χ0) is 14.8. The van der Waals surface area contributed by atoms with Gasteiger partial charge in [0.2, 0.25) is 0 Å². The minimum Gasteiger partial charge on any atom is -0.283 e. The second kappa shape index (κ2) is 5.91. The molecule has 0 spiro atoms. The van der Waals surface area contributed by atoms with Gasteiger partial charge in [-0.1, -0.05) is 41.9 Å². The van der Waals surface area contributed by atoms with Gasteiger partial charge in [-0.2, -0.15) is 0 Å². The standard InChI is InChI=1S/C14H13ClN4OS/c1-21-9-19-13-11(12(15)16-8-17-13)18(14(19)20)7-10-5-3-2-4-6-10/h2-6,8H,7,9H2,1H3. The molecular formula is C14H13ClN4OS. The third kappa shape index (κ3) is 2.56. The van der Waals surface area contributed by atoms with Crippen LogP contribution in [0.25, 0.3) is 11.2 Å². The van der Waals surface area contributed by atoms with Crippen molar-refractivity contribution in [1.29, 1.82) is 0 Å². The summed E-state index contributed by atoms with van der Waals surface area (Å²) >= 11 is 7.74. The van der Waals surface area contributed by atoms with Crippen molar-refractivity contribution in [2.24, 2.45) is 0 Å². The number of hydrogen-bond donors (Lipinski definition) is 0. The molecule has 2 heterocycles. The Hall–Kier alpha value is -1.79. The summed E-state index contributed by atoms with van der Waals surface area (Å²) in [5.41, 5.74) is 2.07. The van der Waals surface area contributed by atoms with E-state index < -0.39 is 0 Å². The van der Waals surface area contributed by atoms with Crippen LogP contribution in [0.5, 0.6) is 0 Å². The molecule has 0 atom stereocenters. The summed E-state index contributed by atoms with van der Waals surface area (Å²) in [5.74, 6) is 0.532. The van der Waals surface area contributed by atoms with Crippen LogP contribution >= 0.6 is 23.4 Å². The molecule has 3 aromatic rings. The van der Waals surface area contributed by atoms with Crippen molar-refractivity contribution in [3.63, 3.8) is 0 Å². The van der Waals surface area contributed by atoms with Crippen molar-refractivity contribution in [2.75, 3.05) is 6.26 Å². The summed E-state index contributed by atoms with van der Waals surface area (Å²) in [7, 11) is 0. The van der Waals surface area contributed by atoms with Gasteiger partial charge < -0.3 is 0 Å². The molecule has 0 bridgehead atoms. The van der Waals surface area contributed by atoms with Gasteiger partial charge in [-0.25, -0.2) is 14.8 Å². The Morgan fingerprint density at radius 2 is 1.95 bits per heavy atom. The number of imidazole rings is 1. The van der Waals surface area contributed by atoms with Gasteiger partial charge in [0, 0.05) is 0 Å². The van der Waals surface area contributed by atoms with E-state index in [-0.39, 0.29) is 5.69 Å². The number of nitrogens with zero attached hydrogens (tertiary/aromatic N) is 4. The Morgan fingerprint density at radius 3 is 2.67 bits per heavy atom. The van der Waals surface area contributed by atoms with Crippen LogP contribution in [0.1, 0.15) is 5.56 Å². The quantitative estimate of drug-likeness (QED) is 0.693. The van der Waals surface area contributed by atoms with Crippen molar-refractivity contribution in [3.8, 4) is 0 Å². The highest BCUT2D eigenvalue weighted by Crippen LogP contribution is 2.20. The fourth-order valence-electron chi connectivity index (χ4n) is 2.27. The van der Waals surface area contributed by atoms with E-state index in [0.29, 0.717) is 28.7 Å². The molecular weight excluding hydrogens is 308 g/mol. The molecule has 0 unspecified atom stereocenters. The zero-order valence-corrected chi connectivity index (χ0v) is 12.9. The second-order valence-electron chi connectivity index (χ2n) is 4.54. The highest BCUT2D eigenvalue weighted by molar-refractivity contribution is 7.97. The highest BCUT2D eigenvalue weighted by Gasteiger charge is 2.17. The first-order valence-corrected chi connectivity index (χ1v) is 8.12. The van der Waals surface area contributed by atoms with E-state index in [4.69, 9.17) is 11.6 Å². The van der Waals surface area contributed by atoms with Crippen LogP contribution in [-0.4, -0.2) is 25.4 Å². The predicted molar refractivity (Wildman–Crippen MR) is 85.9 cm³/mol. The van der Waals surface area contributed by atoms with Crippen molar-refractivity contribution in [1.82, 2.24) is 19.1 Å². The summed E-state index contributed by atoms with van der Waals surface area (Å²) in [6.45, 7) is 0.449. The van der Waals surface area contributed by atoms with Crippen LogP contribution in [0.15, 0.2) is 41.5 Å². The van der Waals surface area contributed by atoms with Gasteiger partial charge in [-0.15, -0.1) is 11.8 Å². The molecule has 1 aromatic carbocycles. The van der Waals surface area contributed by atoms with Crippen LogP contribution in [0.4, 0.5) is 0 Å². The molecule has 21 heavy (non-hydrogen) atoms. The number of halogens is 1. The SMILES string of the molecule is CSCn1c(=O)n(Cc2ccccc2)c2c(Cl)ncnc21. The first-order valence-electron chi connectivity index (χ1n) is 6.34. The van der Waals surface area contributed by atoms with E-state index in [9.17, 15) is 4.79 Å². The Morgan fingerprint density at radius 1 is 1.19 bits per heavy atom. The average Bonchev–Trinajstić information content (AvgIpc) is 2.76. The lowest BCUT2D eigenvalue weighted by atomic mass is 10.2. The van der Waals surface area contributed by atoms with Crippen molar-refractivity contribution >= 4 is 34.5 Å². The molecule has 0 radical (unpaired) electrons. The minimum absolute atomic E-state index is 0.120. The number of fused-ring (bicyclic) bond motifs is 1. The topological polar surface area (TPSA) is 52.7 Å². The maximum atomic E-state index is 12.6. The Kier molecular flexibility index (Phi) is 3.98. The zero-order valence-electron chi connectivity index (χ0n) is 11.4. The molecule has 0 saturated carbocycles. The molecule has 0 N–H and O–H groups in total. The van der Waals surface area contributed by atoms with Crippen LogP contribution in [0.3, 0.4) is 0 Å². The molecule has 0 fully saturated rings. The van der Waals surface area contributed by atoms with Crippen LogP contribution in [0, 0.1) is 0 Å². The summed E-state index contributed by atoms with van der Waals surface area (Å²) in [6.07, 6.45) is 3.32. The molecule has 0 saturated heterocycles. The van der Waals surface area contributed by atoms with E-state index >= 15 is 0 Å². The molecule has 0 aliphatic rings. The molecule has 0 aliphatic carbocycles. The molecule has 0 aliphatic heterocycles. The predicted octanol–water partition coefficient (Wildman–Crippen LogP) is 2.62. The van der Waals surface area contributed by atoms with Crippen LogP contribution < -0.4 is 5.69 Å². The number of aromatic nitrogens is 4. The lowest BCUT2D eigenvalue weighted by molar-refractivity contribution is 0.729. The molecule has 108 valence electrons. The Balaban J connectivity index is 2.22. The van der Waals surface area contributed by atoms with Gasteiger partial charge in [0.25, 0.3) is 0 Å². The smallest absolute Gasteiger partial charge is 0.283 e. The summed E-state index contributed by atoms with van der Waals surface area (Å²) < 4.78 is 3.25. The van der Waals surface area contributed by atoms with Crippen molar-refractivity contribution < 1.29 is 0 Å². The normalized spacial score (nSPS) is 11.1. The van der Waals surface area contributed by atoms with Gasteiger partial charge in [-0.05, 0) is 11.8 Å². The van der Waals surface area contributed by atoms with Crippen LogP contribution in [0.2, 0.25) is 5.15 Å². The van der Waals surface area contributed by atoms with E-state index in [1.54, 1.807) is 20.9 Å². The largest absolute Gasteiger partial charge is 0.331 e. The average molecular weight is 321 g/mol. The first-order chi connectivity index (χ1) is 10.2. The summed E-state index contributed by atoms with van der Waals surface area (Å²) in [5, 5.41) is 0.299. The van der Waals surface area contributed by atoms with E-state index in [0.717, 1.165) is 5.56 Å². The molecule has 3 rings (SSSR count). The fraction of sp³-hybridized carbons (Fsp3) is 0.214. The Bertz CT molecular complexity index is 828. The second-order valence-corrected chi connectivity index (χ2v) is 5.73. The highest BCUT2D eigenvalue weighted by atomic mass is 35.5. The van der Waals surface area contributed by atoms with Crippen LogP contribution in [-0.2, 0) is 12.4 Å². The molecule has 5 nitrogen and oxygen atoms in total. The number of thioether (sulfide) groups is 1. The molecule has 0 amide bonds. The lowest BCUT2D eigenvalue weighted by Crippen LogP contribution is -2.24. The fourth-order valence-corrected chi connectivity index (χ4v) is 2.99. The molecule has 7 heteroatoms. The minimum atomic E-state index is -0.120. The summed E-state index contributed by atoms with van der Waals surface area (Å²) in [4.78, 5) is 20.8. The third-order valence-corrected chi connectivity index (χ3v) is 3.98. The van der Waals surface area contributed by atoms with Gasteiger partial charge in [0.05, 0.1) is 12.4 Å². The number of rotatable bonds is 4. The van der Waals surface area contributed by atoms with Crippen molar-refractivity contribution in [3.05, 3.63) is 57.9 Å². The van der Waals surface area contributed by atoms with Crippen molar-refractivity contribution in [2.45, 2.75) is 12.4 Å². The van der Waals surface area contributed by atoms with Gasteiger partial charge in [0.15, 0.2) is 10.8 Å². The summed E-state index contributed by atoms with van der Waals surface area (Å²) in [6, 6.07) is 9.78. The van der Waals surface area contributed by atoms with E-state index in [2.05, 4.69) is 9.97 Å². The number of benzene rings is 1. The third-order valence-electron chi connectivity index (χ3n) is 3.19. The Labute approximate surface area is 130 Å². The maximum absolute atomic E-state index is 12.6. The van der Waals surface area contributed by atoms with Gasteiger partial charge in [-0.3, -0.25) is 9.13 Å². The number of hydrogen-bond acceptors (Lipinski definition) is 4. The van der Waals surface area contributed by atoms with E-state index in [1.165, 1.54) is 6.33 Å². The van der Waals surface area contributed by atoms with Gasteiger partial charge >= 0.3 is 5.69 Å². The lowest BCUT2D eigenvalue weighted by Gasteiger charge is -2.03.